The maximum absolute atomic E-state index is 11.2. The van der Waals surface area contributed by atoms with E-state index in [1.807, 2.05) is 24.3 Å². The molecule has 1 aromatic carbocycles. The molecule has 98 valence electrons. The number of hydrogen-bond acceptors (Lipinski definition) is 5. The van der Waals surface area contributed by atoms with Gasteiger partial charge in [0.05, 0.1) is 13.7 Å². The highest BCUT2D eigenvalue weighted by Crippen LogP contribution is 2.30. The van der Waals surface area contributed by atoms with Gasteiger partial charge in [0.25, 0.3) is 0 Å². The summed E-state index contributed by atoms with van der Waals surface area (Å²) in [4.78, 5) is 11.2. The fourth-order valence-electron chi connectivity index (χ4n) is 1.63. The quantitative estimate of drug-likeness (QED) is 0.758. The summed E-state index contributed by atoms with van der Waals surface area (Å²) in [6.07, 6.45) is -0.817. The first kappa shape index (κ1) is 12.7. The average molecular weight is 252 g/mol. The maximum Gasteiger partial charge on any atom is 0.334 e. The van der Waals surface area contributed by atoms with Gasteiger partial charge in [0.15, 0.2) is 23.7 Å². The van der Waals surface area contributed by atoms with Crippen molar-refractivity contribution in [3.05, 3.63) is 24.3 Å². The second kappa shape index (κ2) is 5.73. The summed E-state index contributed by atoms with van der Waals surface area (Å²) in [6, 6.07) is 7.45. The lowest BCUT2D eigenvalue weighted by atomic mass is 10.2. The molecule has 18 heavy (non-hydrogen) atoms. The van der Waals surface area contributed by atoms with Gasteiger partial charge in [0, 0.05) is 0 Å². The SMILES string of the molecule is COC(=O)C(C)OCC1COc2ccccc2O1. The molecule has 0 aromatic heterocycles. The Bertz CT molecular complexity index is 418. The van der Waals surface area contributed by atoms with E-state index in [0.29, 0.717) is 12.4 Å². The van der Waals surface area contributed by atoms with Crippen molar-refractivity contribution in [1.82, 2.24) is 0 Å². The van der Waals surface area contributed by atoms with Crippen LogP contribution in [0, 0.1) is 0 Å². The Morgan fingerprint density at radius 3 is 2.89 bits per heavy atom. The number of para-hydroxylation sites is 2. The number of hydrogen-bond donors (Lipinski definition) is 0. The first-order valence-corrected chi connectivity index (χ1v) is 5.78. The monoisotopic (exact) mass is 252 g/mol. The predicted molar refractivity (Wildman–Crippen MR) is 63.8 cm³/mol. The molecule has 2 atom stereocenters. The summed E-state index contributed by atoms with van der Waals surface area (Å²) in [5, 5.41) is 0. The molecule has 1 aliphatic rings. The summed E-state index contributed by atoms with van der Waals surface area (Å²) in [5.74, 6) is 1.03. The Morgan fingerprint density at radius 1 is 1.44 bits per heavy atom. The van der Waals surface area contributed by atoms with Gasteiger partial charge >= 0.3 is 5.97 Å². The molecule has 0 saturated carbocycles. The fraction of sp³-hybridized carbons (Fsp3) is 0.462. The number of carbonyl (C=O) groups excluding carboxylic acids is 1. The molecular weight excluding hydrogens is 236 g/mol. The summed E-state index contributed by atoms with van der Waals surface area (Å²) >= 11 is 0. The topological polar surface area (TPSA) is 54.0 Å². The van der Waals surface area contributed by atoms with Crippen molar-refractivity contribution in [2.24, 2.45) is 0 Å². The third-order valence-corrected chi connectivity index (χ3v) is 2.63. The van der Waals surface area contributed by atoms with Crippen LogP contribution in [0.25, 0.3) is 0 Å². The van der Waals surface area contributed by atoms with E-state index in [4.69, 9.17) is 14.2 Å². The van der Waals surface area contributed by atoms with Gasteiger partial charge in [0.2, 0.25) is 0 Å². The fourth-order valence-corrected chi connectivity index (χ4v) is 1.63. The first-order valence-electron chi connectivity index (χ1n) is 5.78. The second-order valence-electron chi connectivity index (χ2n) is 4.00. The van der Waals surface area contributed by atoms with E-state index in [1.54, 1.807) is 6.92 Å². The Balaban J connectivity index is 1.85. The molecule has 2 rings (SSSR count). The number of esters is 1. The van der Waals surface area contributed by atoms with E-state index in [9.17, 15) is 4.79 Å². The van der Waals surface area contributed by atoms with E-state index in [-0.39, 0.29) is 12.7 Å². The Kier molecular flexibility index (Phi) is 4.04. The van der Waals surface area contributed by atoms with Crippen molar-refractivity contribution < 1.29 is 23.7 Å². The van der Waals surface area contributed by atoms with Gasteiger partial charge in [-0.3, -0.25) is 0 Å². The van der Waals surface area contributed by atoms with Crippen LogP contribution in [0.5, 0.6) is 11.5 Å². The number of benzene rings is 1. The molecular formula is C13H16O5. The van der Waals surface area contributed by atoms with Gasteiger partial charge in [-0.25, -0.2) is 4.79 Å². The number of rotatable bonds is 4. The highest BCUT2D eigenvalue weighted by Gasteiger charge is 2.23. The van der Waals surface area contributed by atoms with Gasteiger partial charge in [-0.1, -0.05) is 12.1 Å². The van der Waals surface area contributed by atoms with Crippen LogP contribution < -0.4 is 9.47 Å². The van der Waals surface area contributed by atoms with E-state index < -0.39 is 12.1 Å². The van der Waals surface area contributed by atoms with Crippen LogP contribution in [0.15, 0.2) is 24.3 Å². The smallest absolute Gasteiger partial charge is 0.334 e. The Hall–Kier alpha value is -1.75. The minimum absolute atomic E-state index is 0.216. The standard InChI is InChI=1S/C13H16O5/c1-9(13(14)15-2)16-7-10-8-17-11-5-3-4-6-12(11)18-10/h3-6,9-10H,7-8H2,1-2H3. The summed E-state index contributed by atoms with van der Waals surface area (Å²) in [6.45, 7) is 2.33. The molecule has 0 amide bonds. The van der Waals surface area contributed by atoms with Crippen molar-refractivity contribution in [2.75, 3.05) is 20.3 Å². The molecule has 5 heteroatoms. The van der Waals surface area contributed by atoms with Crippen molar-refractivity contribution in [3.8, 4) is 11.5 Å². The van der Waals surface area contributed by atoms with Crippen LogP contribution >= 0.6 is 0 Å². The van der Waals surface area contributed by atoms with Crippen molar-refractivity contribution in [1.29, 1.82) is 0 Å². The van der Waals surface area contributed by atoms with Crippen LogP contribution in [0.2, 0.25) is 0 Å². The van der Waals surface area contributed by atoms with Gasteiger partial charge in [-0.15, -0.1) is 0 Å². The third-order valence-electron chi connectivity index (χ3n) is 2.63. The largest absolute Gasteiger partial charge is 0.486 e. The van der Waals surface area contributed by atoms with E-state index in [1.165, 1.54) is 7.11 Å². The lowest BCUT2D eigenvalue weighted by molar-refractivity contribution is -0.154. The minimum atomic E-state index is -0.601. The predicted octanol–water partition coefficient (Wildman–Crippen LogP) is 1.40. The number of methoxy groups -OCH3 is 1. The molecule has 0 radical (unpaired) electrons. The molecule has 0 bridgehead atoms. The van der Waals surface area contributed by atoms with Crippen LogP contribution in [-0.4, -0.2) is 38.5 Å². The van der Waals surface area contributed by atoms with Crippen LogP contribution in [0.4, 0.5) is 0 Å². The summed E-state index contributed by atoms with van der Waals surface area (Å²) in [5.41, 5.74) is 0. The van der Waals surface area contributed by atoms with E-state index >= 15 is 0 Å². The molecule has 5 nitrogen and oxygen atoms in total. The number of ether oxygens (including phenoxy) is 4. The molecule has 0 aliphatic carbocycles. The highest BCUT2D eigenvalue weighted by atomic mass is 16.6. The Morgan fingerprint density at radius 2 is 2.17 bits per heavy atom. The van der Waals surface area contributed by atoms with E-state index in [0.717, 1.165) is 5.75 Å². The summed E-state index contributed by atoms with van der Waals surface area (Å²) in [7, 11) is 1.33. The molecule has 1 aromatic rings. The molecule has 0 spiro atoms. The molecule has 2 unspecified atom stereocenters. The lowest BCUT2D eigenvalue weighted by Crippen LogP contribution is -2.36. The van der Waals surface area contributed by atoms with E-state index in [2.05, 4.69) is 4.74 Å². The average Bonchev–Trinajstić information content (AvgIpc) is 2.43. The van der Waals surface area contributed by atoms with Gasteiger partial charge in [0.1, 0.15) is 6.61 Å². The van der Waals surface area contributed by atoms with Gasteiger partial charge in [-0.2, -0.15) is 0 Å². The normalized spacial score (nSPS) is 19.1. The van der Waals surface area contributed by atoms with Gasteiger partial charge < -0.3 is 18.9 Å². The van der Waals surface area contributed by atoms with Crippen LogP contribution in [-0.2, 0) is 14.3 Å². The zero-order valence-corrected chi connectivity index (χ0v) is 10.4. The number of fused-ring (bicyclic) bond motifs is 1. The van der Waals surface area contributed by atoms with Crippen molar-refractivity contribution in [2.45, 2.75) is 19.1 Å². The van der Waals surface area contributed by atoms with Crippen molar-refractivity contribution >= 4 is 5.97 Å². The zero-order chi connectivity index (χ0) is 13.0. The first-order chi connectivity index (χ1) is 8.70. The molecule has 0 N–H and O–H groups in total. The van der Waals surface area contributed by atoms with Crippen molar-refractivity contribution in [3.63, 3.8) is 0 Å². The second-order valence-corrected chi connectivity index (χ2v) is 4.00. The highest BCUT2D eigenvalue weighted by molar-refractivity contribution is 5.73. The minimum Gasteiger partial charge on any atom is -0.486 e. The lowest BCUT2D eigenvalue weighted by Gasteiger charge is -2.26. The third kappa shape index (κ3) is 2.92. The molecule has 0 fully saturated rings. The zero-order valence-electron chi connectivity index (χ0n) is 10.4. The number of carbonyl (C=O) groups is 1. The Labute approximate surface area is 106 Å². The summed E-state index contributed by atoms with van der Waals surface area (Å²) < 4.78 is 21.2. The maximum atomic E-state index is 11.2. The van der Waals surface area contributed by atoms with Gasteiger partial charge in [-0.05, 0) is 19.1 Å². The molecule has 1 aliphatic heterocycles. The van der Waals surface area contributed by atoms with Crippen LogP contribution in [0.3, 0.4) is 0 Å². The molecule has 1 heterocycles. The van der Waals surface area contributed by atoms with Crippen LogP contribution in [0.1, 0.15) is 6.92 Å². The molecule has 0 saturated heterocycles.